The maximum atomic E-state index is 11.8. The monoisotopic (exact) mass is 246 g/mol. The lowest BCUT2D eigenvalue weighted by atomic mass is 10.2. The van der Waals surface area contributed by atoms with Crippen LogP contribution in [0.25, 0.3) is 0 Å². The molecule has 0 aliphatic heterocycles. The normalized spacial score (nSPS) is 10.5. The van der Waals surface area contributed by atoms with Gasteiger partial charge in [-0.3, -0.25) is 9.48 Å². The second-order valence-corrected chi connectivity index (χ2v) is 4.95. The Balaban J connectivity index is 1.97. The zero-order chi connectivity index (χ0) is 12.3. The smallest absolute Gasteiger partial charge is 0.193 e. The van der Waals surface area contributed by atoms with Crippen LogP contribution in [0.1, 0.15) is 16.1 Å². The molecule has 0 aliphatic carbocycles. The summed E-state index contributed by atoms with van der Waals surface area (Å²) in [5, 5.41) is 4.09. The van der Waals surface area contributed by atoms with Crippen LogP contribution in [0, 0.1) is 6.92 Å². The summed E-state index contributed by atoms with van der Waals surface area (Å²) in [5.74, 6) is 0.498. The Hall–Kier alpha value is -1.55. The number of Topliss-reactive ketones (excluding diaryl/α,β-unsaturated/α-hetero) is 1. The van der Waals surface area contributed by atoms with Crippen LogP contribution < -0.4 is 0 Å². The Morgan fingerprint density at radius 2 is 2.24 bits per heavy atom. The minimum atomic E-state index is 0.0668. The van der Waals surface area contributed by atoms with E-state index in [4.69, 9.17) is 0 Å². The first kappa shape index (κ1) is 11.9. The molecule has 1 aromatic heterocycles. The lowest BCUT2D eigenvalue weighted by molar-refractivity contribution is 0.101. The summed E-state index contributed by atoms with van der Waals surface area (Å²) in [5.41, 5.74) is 1.74. The van der Waals surface area contributed by atoms with Crippen LogP contribution in [0.5, 0.6) is 0 Å². The third-order valence-electron chi connectivity index (χ3n) is 2.36. The maximum absolute atomic E-state index is 11.8. The molecule has 1 heterocycles. The maximum Gasteiger partial charge on any atom is 0.193 e. The zero-order valence-corrected chi connectivity index (χ0v) is 10.7. The number of carbonyl (C=O) groups is 1. The number of thioether (sulfide) groups is 1. The second kappa shape index (κ2) is 5.19. The van der Waals surface area contributed by atoms with Gasteiger partial charge in [-0.15, -0.1) is 11.8 Å². The molecule has 2 aromatic rings. The average Bonchev–Trinajstić information content (AvgIpc) is 2.73. The van der Waals surface area contributed by atoms with E-state index in [9.17, 15) is 4.79 Å². The molecule has 0 bridgehead atoms. The van der Waals surface area contributed by atoms with Gasteiger partial charge in [-0.1, -0.05) is 17.7 Å². The largest absolute Gasteiger partial charge is 0.291 e. The number of hydrogen-bond acceptors (Lipinski definition) is 3. The van der Waals surface area contributed by atoms with E-state index in [2.05, 4.69) is 11.2 Å². The molecule has 3 nitrogen and oxygen atoms in total. The van der Waals surface area contributed by atoms with E-state index in [0.29, 0.717) is 11.4 Å². The summed E-state index contributed by atoms with van der Waals surface area (Å²) < 4.78 is 1.64. The molecule has 0 saturated carbocycles. The Labute approximate surface area is 105 Å². The van der Waals surface area contributed by atoms with E-state index in [-0.39, 0.29) is 5.78 Å². The van der Waals surface area contributed by atoms with Crippen LogP contribution in [0.4, 0.5) is 0 Å². The molecular weight excluding hydrogens is 232 g/mol. The number of carbonyl (C=O) groups excluding carboxylic acids is 1. The van der Waals surface area contributed by atoms with Gasteiger partial charge in [-0.2, -0.15) is 5.10 Å². The van der Waals surface area contributed by atoms with E-state index in [1.54, 1.807) is 28.7 Å². The average molecular weight is 246 g/mol. The van der Waals surface area contributed by atoms with E-state index >= 15 is 0 Å². The van der Waals surface area contributed by atoms with Gasteiger partial charge in [-0.25, -0.2) is 0 Å². The van der Waals surface area contributed by atoms with Gasteiger partial charge in [-0.05, 0) is 25.1 Å². The molecule has 0 atom stereocenters. The van der Waals surface area contributed by atoms with Crippen molar-refractivity contribution in [2.75, 3.05) is 5.75 Å². The number of rotatable bonds is 4. The predicted octanol–water partition coefficient (Wildman–Crippen LogP) is 2.70. The minimum Gasteiger partial charge on any atom is -0.291 e. The predicted molar refractivity (Wildman–Crippen MR) is 69.4 cm³/mol. The molecule has 0 radical (unpaired) electrons. The molecule has 17 heavy (non-hydrogen) atoms. The molecule has 0 unspecified atom stereocenters. The highest BCUT2D eigenvalue weighted by Crippen LogP contribution is 2.19. The molecule has 0 amide bonds. The second-order valence-electron chi connectivity index (χ2n) is 3.90. The SMILES string of the molecule is Cc1cccc(SCC(=O)c2ccn(C)n2)c1. The number of hydrogen-bond donors (Lipinski definition) is 0. The Morgan fingerprint density at radius 3 is 2.88 bits per heavy atom. The Bertz CT molecular complexity index is 534. The Morgan fingerprint density at radius 1 is 1.41 bits per heavy atom. The van der Waals surface area contributed by atoms with Crippen molar-refractivity contribution in [1.82, 2.24) is 9.78 Å². The summed E-state index contributed by atoms with van der Waals surface area (Å²) in [6, 6.07) is 9.90. The fourth-order valence-electron chi connectivity index (χ4n) is 1.49. The van der Waals surface area contributed by atoms with Gasteiger partial charge >= 0.3 is 0 Å². The molecule has 4 heteroatoms. The molecule has 0 N–H and O–H groups in total. The van der Waals surface area contributed by atoms with Gasteiger partial charge in [0.2, 0.25) is 0 Å². The van der Waals surface area contributed by atoms with Gasteiger partial charge in [0.15, 0.2) is 5.78 Å². The number of benzene rings is 1. The molecule has 0 fully saturated rings. The number of aryl methyl sites for hydroxylation is 2. The van der Waals surface area contributed by atoms with Gasteiger partial charge in [0.25, 0.3) is 0 Å². The Kier molecular flexibility index (Phi) is 3.64. The molecule has 0 saturated heterocycles. The van der Waals surface area contributed by atoms with Crippen LogP contribution in [-0.4, -0.2) is 21.3 Å². The van der Waals surface area contributed by atoms with Crippen LogP contribution in [0.2, 0.25) is 0 Å². The van der Waals surface area contributed by atoms with E-state index < -0.39 is 0 Å². The standard InChI is InChI=1S/C13H14N2OS/c1-10-4-3-5-11(8-10)17-9-13(16)12-6-7-15(2)14-12/h3-8H,9H2,1-2H3. The number of ketones is 1. The van der Waals surface area contributed by atoms with Crippen molar-refractivity contribution in [1.29, 1.82) is 0 Å². The first-order chi connectivity index (χ1) is 8.15. The third kappa shape index (κ3) is 3.20. The minimum absolute atomic E-state index is 0.0668. The van der Waals surface area contributed by atoms with E-state index in [1.165, 1.54) is 5.56 Å². The van der Waals surface area contributed by atoms with Crippen molar-refractivity contribution in [2.24, 2.45) is 7.05 Å². The number of nitrogens with zero attached hydrogens (tertiary/aromatic N) is 2. The van der Waals surface area contributed by atoms with Crippen molar-refractivity contribution >= 4 is 17.5 Å². The fraction of sp³-hybridized carbons (Fsp3) is 0.231. The lowest BCUT2D eigenvalue weighted by Crippen LogP contribution is -2.04. The molecule has 1 aromatic carbocycles. The van der Waals surface area contributed by atoms with Gasteiger partial charge in [0.05, 0.1) is 5.75 Å². The van der Waals surface area contributed by atoms with Crippen molar-refractivity contribution in [3.8, 4) is 0 Å². The van der Waals surface area contributed by atoms with Crippen molar-refractivity contribution in [3.63, 3.8) is 0 Å². The topological polar surface area (TPSA) is 34.9 Å². The molecule has 2 rings (SSSR count). The molecule has 88 valence electrons. The first-order valence-electron chi connectivity index (χ1n) is 5.37. The quantitative estimate of drug-likeness (QED) is 0.614. The zero-order valence-electron chi connectivity index (χ0n) is 9.88. The summed E-state index contributed by atoms with van der Waals surface area (Å²) >= 11 is 1.55. The summed E-state index contributed by atoms with van der Waals surface area (Å²) in [6.45, 7) is 2.05. The van der Waals surface area contributed by atoms with Crippen molar-refractivity contribution in [3.05, 3.63) is 47.8 Å². The molecular formula is C13H14N2OS. The van der Waals surface area contributed by atoms with E-state index in [1.807, 2.05) is 32.2 Å². The van der Waals surface area contributed by atoms with Crippen molar-refractivity contribution in [2.45, 2.75) is 11.8 Å². The van der Waals surface area contributed by atoms with Gasteiger partial charge in [0.1, 0.15) is 5.69 Å². The van der Waals surface area contributed by atoms with Gasteiger partial charge in [0, 0.05) is 18.1 Å². The molecule has 0 aliphatic rings. The van der Waals surface area contributed by atoms with Crippen LogP contribution >= 0.6 is 11.8 Å². The highest BCUT2D eigenvalue weighted by atomic mass is 32.2. The first-order valence-corrected chi connectivity index (χ1v) is 6.36. The number of aromatic nitrogens is 2. The summed E-state index contributed by atoms with van der Waals surface area (Å²) in [7, 11) is 1.81. The van der Waals surface area contributed by atoms with Gasteiger partial charge < -0.3 is 0 Å². The molecule has 0 spiro atoms. The highest BCUT2D eigenvalue weighted by molar-refractivity contribution is 8.00. The fourth-order valence-corrected chi connectivity index (χ4v) is 2.38. The summed E-state index contributed by atoms with van der Waals surface area (Å²) in [4.78, 5) is 12.9. The van der Waals surface area contributed by atoms with E-state index in [0.717, 1.165) is 4.90 Å². The highest BCUT2D eigenvalue weighted by Gasteiger charge is 2.09. The summed E-state index contributed by atoms with van der Waals surface area (Å²) in [6.07, 6.45) is 1.78. The van der Waals surface area contributed by atoms with Crippen LogP contribution in [-0.2, 0) is 7.05 Å². The van der Waals surface area contributed by atoms with Crippen molar-refractivity contribution < 1.29 is 4.79 Å². The third-order valence-corrected chi connectivity index (χ3v) is 3.35. The van der Waals surface area contributed by atoms with Crippen LogP contribution in [0.3, 0.4) is 0 Å². The van der Waals surface area contributed by atoms with Crippen LogP contribution in [0.15, 0.2) is 41.4 Å². The lowest BCUT2D eigenvalue weighted by Gasteiger charge is -2.00.